The summed E-state index contributed by atoms with van der Waals surface area (Å²) >= 11 is 0. The lowest BCUT2D eigenvalue weighted by atomic mass is 10.0. The number of hydrogen-bond acceptors (Lipinski definition) is 5. The smallest absolute Gasteiger partial charge is 0.191 e. The van der Waals surface area contributed by atoms with Crippen molar-refractivity contribution in [2.75, 3.05) is 72.7 Å². The Bertz CT molecular complexity index is 646. The van der Waals surface area contributed by atoms with E-state index in [9.17, 15) is 0 Å². The van der Waals surface area contributed by atoms with Crippen molar-refractivity contribution >= 4 is 29.9 Å². The molecule has 32 heavy (non-hydrogen) atoms. The summed E-state index contributed by atoms with van der Waals surface area (Å²) in [5.74, 6) is 1.80. The predicted molar refractivity (Wildman–Crippen MR) is 142 cm³/mol. The molecule has 2 aliphatic rings. The summed E-state index contributed by atoms with van der Waals surface area (Å²) in [5, 5.41) is 6.94. The van der Waals surface area contributed by atoms with E-state index in [1.165, 1.54) is 50.9 Å². The van der Waals surface area contributed by atoms with Crippen molar-refractivity contribution in [2.45, 2.75) is 38.6 Å². The van der Waals surface area contributed by atoms with Crippen LogP contribution >= 0.6 is 24.0 Å². The zero-order chi connectivity index (χ0) is 21.7. The largest absolute Gasteiger partial charge is 0.497 e. The van der Waals surface area contributed by atoms with Crippen LogP contribution in [0.2, 0.25) is 0 Å². The number of likely N-dealkylation sites (tertiary alicyclic amines) is 1. The van der Waals surface area contributed by atoms with Gasteiger partial charge in [-0.2, -0.15) is 0 Å². The van der Waals surface area contributed by atoms with E-state index in [1.54, 1.807) is 7.11 Å². The predicted octanol–water partition coefficient (Wildman–Crippen LogP) is 3.12. The van der Waals surface area contributed by atoms with Gasteiger partial charge < -0.3 is 25.0 Å². The Morgan fingerprint density at radius 3 is 2.44 bits per heavy atom. The van der Waals surface area contributed by atoms with Crippen molar-refractivity contribution in [3.63, 3.8) is 0 Å². The first kappa shape index (κ1) is 27.1. The van der Waals surface area contributed by atoms with Gasteiger partial charge in [-0.15, -0.1) is 24.0 Å². The quantitative estimate of drug-likeness (QED) is 0.188. The number of morpholine rings is 1. The van der Waals surface area contributed by atoms with Crippen LogP contribution in [0.3, 0.4) is 0 Å². The molecule has 1 atom stereocenters. The van der Waals surface area contributed by atoms with Crippen molar-refractivity contribution in [1.29, 1.82) is 0 Å². The zero-order valence-corrected chi connectivity index (χ0v) is 22.2. The second-order valence-corrected chi connectivity index (χ2v) is 8.34. The average Bonchev–Trinajstić information content (AvgIpc) is 3.33. The van der Waals surface area contributed by atoms with Gasteiger partial charge in [0.2, 0.25) is 0 Å². The molecule has 0 spiro atoms. The molecule has 182 valence electrons. The lowest BCUT2D eigenvalue weighted by Gasteiger charge is -2.34. The summed E-state index contributed by atoms with van der Waals surface area (Å²) < 4.78 is 10.9. The summed E-state index contributed by atoms with van der Waals surface area (Å²) in [5.41, 5.74) is 1.27. The number of unbranched alkanes of at least 4 members (excludes halogenated alkanes) is 1. The van der Waals surface area contributed by atoms with Crippen molar-refractivity contribution in [3.05, 3.63) is 29.8 Å². The highest BCUT2D eigenvalue weighted by Gasteiger charge is 2.22. The normalized spacial score (nSPS) is 18.8. The van der Waals surface area contributed by atoms with Crippen LogP contribution in [0.5, 0.6) is 5.75 Å². The number of methoxy groups -OCH3 is 1. The lowest BCUT2D eigenvalue weighted by Crippen LogP contribution is -2.42. The molecule has 3 rings (SSSR count). The lowest BCUT2D eigenvalue weighted by molar-refractivity contribution is 0.0179. The van der Waals surface area contributed by atoms with Gasteiger partial charge in [0.25, 0.3) is 0 Å². The highest BCUT2D eigenvalue weighted by atomic mass is 127. The summed E-state index contributed by atoms with van der Waals surface area (Å²) in [6, 6.07) is 8.63. The van der Waals surface area contributed by atoms with Crippen LogP contribution in [0.15, 0.2) is 29.3 Å². The maximum absolute atomic E-state index is 5.57. The first-order chi connectivity index (χ1) is 15.3. The molecular formula is C24H42IN5O2. The summed E-state index contributed by atoms with van der Waals surface area (Å²) in [6.07, 6.45) is 5.16. The Hall–Kier alpha value is -1.10. The van der Waals surface area contributed by atoms with Crippen LogP contribution in [0.4, 0.5) is 0 Å². The molecule has 0 aromatic heterocycles. The zero-order valence-electron chi connectivity index (χ0n) is 19.9. The molecule has 8 heteroatoms. The molecule has 0 bridgehead atoms. The van der Waals surface area contributed by atoms with E-state index in [0.717, 1.165) is 57.6 Å². The van der Waals surface area contributed by atoms with E-state index in [1.807, 2.05) is 12.1 Å². The van der Waals surface area contributed by atoms with Crippen LogP contribution in [0, 0.1) is 0 Å². The van der Waals surface area contributed by atoms with Gasteiger partial charge in [0.05, 0.1) is 32.9 Å². The van der Waals surface area contributed by atoms with Crippen molar-refractivity contribution < 1.29 is 9.47 Å². The number of nitrogens with one attached hydrogen (secondary N) is 2. The SMILES string of the molecule is CCNC(=NCC(c1ccc(OC)cc1)N1CCOCC1)NCCCCN1CCCC1.I. The molecule has 1 aromatic rings. The Morgan fingerprint density at radius 1 is 1.06 bits per heavy atom. The summed E-state index contributed by atoms with van der Waals surface area (Å²) in [6.45, 7) is 11.9. The second-order valence-electron chi connectivity index (χ2n) is 8.34. The molecule has 2 N–H and O–H groups in total. The molecule has 2 aliphatic heterocycles. The average molecular weight is 560 g/mol. The fraction of sp³-hybridized carbons (Fsp3) is 0.708. The Morgan fingerprint density at radius 2 is 1.78 bits per heavy atom. The van der Waals surface area contributed by atoms with Crippen LogP contribution in [0.1, 0.15) is 44.2 Å². The van der Waals surface area contributed by atoms with Crippen molar-refractivity contribution in [2.24, 2.45) is 4.99 Å². The number of hydrogen-bond donors (Lipinski definition) is 2. The van der Waals surface area contributed by atoms with Crippen molar-refractivity contribution in [3.8, 4) is 5.75 Å². The molecule has 0 radical (unpaired) electrons. The van der Waals surface area contributed by atoms with Gasteiger partial charge >= 0.3 is 0 Å². The third-order valence-corrected chi connectivity index (χ3v) is 6.15. The van der Waals surface area contributed by atoms with E-state index in [2.05, 4.69) is 39.5 Å². The first-order valence-corrected chi connectivity index (χ1v) is 12.0. The number of rotatable bonds is 11. The molecule has 7 nitrogen and oxygen atoms in total. The molecule has 0 aliphatic carbocycles. The van der Waals surface area contributed by atoms with Gasteiger partial charge in [-0.1, -0.05) is 12.1 Å². The maximum Gasteiger partial charge on any atom is 0.191 e. The Balaban J connectivity index is 0.00000363. The number of nitrogens with zero attached hydrogens (tertiary/aromatic N) is 3. The summed E-state index contributed by atoms with van der Waals surface area (Å²) in [4.78, 5) is 10.0. The van der Waals surface area contributed by atoms with Gasteiger partial charge in [-0.3, -0.25) is 9.89 Å². The molecule has 2 heterocycles. The minimum absolute atomic E-state index is 0. The van der Waals surface area contributed by atoms with E-state index in [4.69, 9.17) is 14.5 Å². The highest BCUT2D eigenvalue weighted by Crippen LogP contribution is 2.24. The highest BCUT2D eigenvalue weighted by molar-refractivity contribution is 14.0. The van der Waals surface area contributed by atoms with Crippen LogP contribution in [0.25, 0.3) is 0 Å². The molecule has 2 saturated heterocycles. The standard InChI is InChI=1S/C24H41N5O2.HI/c1-3-25-24(26-12-4-5-13-28-14-6-7-15-28)27-20-23(29-16-18-31-19-17-29)21-8-10-22(30-2)11-9-21;/h8-11,23H,3-7,12-20H2,1-2H3,(H2,25,26,27);1H. The minimum atomic E-state index is 0. The van der Waals surface area contributed by atoms with E-state index in [0.29, 0.717) is 0 Å². The van der Waals surface area contributed by atoms with E-state index in [-0.39, 0.29) is 30.0 Å². The minimum Gasteiger partial charge on any atom is -0.497 e. The van der Waals surface area contributed by atoms with Gasteiger partial charge in [0.15, 0.2) is 5.96 Å². The fourth-order valence-electron chi connectivity index (χ4n) is 4.34. The second kappa shape index (κ2) is 15.7. The fourth-order valence-corrected chi connectivity index (χ4v) is 4.34. The number of benzene rings is 1. The Kier molecular flexibility index (Phi) is 13.3. The topological polar surface area (TPSA) is 61.4 Å². The Labute approximate surface area is 211 Å². The molecule has 1 unspecified atom stereocenters. The maximum atomic E-state index is 5.57. The number of halogens is 1. The number of ether oxygens (including phenoxy) is 2. The third-order valence-electron chi connectivity index (χ3n) is 6.15. The molecule has 1 aromatic carbocycles. The monoisotopic (exact) mass is 559 g/mol. The van der Waals surface area contributed by atoms with Crippen LogP contribution in [-0.2, 0) is 4.74 Å². The van der Waals surface area contributed by atoms with Crippen LogP contribution in [-0.4, -0.2) is 88.4 Å². The molecule has 0 saturated carbocycles. The molecular weight excluding hydrogens is 517 g/mol. The number of aliphatic imine (C=N–C) groups is 1. The van der Waals surface area contributed by atoms with Gasteiger partial charge in [-0.25, -0.2) is 0 Å². The van der Waals surface area contributed by atoms with Gasteiger partial charge in [-0.05, 0) is 69.9 Å². The summed E-state index contributed by atoms with van der Waals surface area (Å²) in [7, 11) is 1.71. The van der Waals surface area contributed by atoms with Crippen LogP contribution < -0.4 is 15.4 Å². The third kappa shape index (κ3) is 9.03. The van der Waals surface area contributed by atoms with E-state index < -0.39 is 0 Å². The molecule has 2 fully saturated rings. The van der Waals surface area contributed by atoms with Crippen molar-refractivity contribution in [1.82, 2.24) is 20.4 Å². The first-order valence-electron chi connectivity index (χ1n) is 12.0. The van der Waals surface area contributed by atoms with Gasteiger partial charge in [0, 0.05) is 26.2 Å². The molecule has 0 amide bonds. The number of guanidine groups is 1. The van der Waals surface area contributed by atoms with Gasteiger partial charge in [0.1, 0.15) is 5.75 Å². The van der Waals surface area contributed by atoms with E-state index >= 15 is 0 Å².